The first kappa shape index (κ1) is 21.8. The van der Waals surface area contributed by atoms with Crippen LogP contribution in [-0.4, -0.2) is 37.7 Å². The van der Waals surface area contributed by atoms with E-state index in [1.165, 1.54) is 16.2 Å². The number of benzene rings is 1. The molecule has 7 heteroatoms. The van der Waals surface area contributed by atoms with E-state index in [4.69, 9.17) is 9.47 Å². The van der Waals surface area contributed by atoms with E-state index < -0.39 is 0 Å². The van der Waals surface area contributed by atoms with Gasteiger partial charge in [0.25, 0.3) is 11.8 Å². The van der Waals surface area contributed by atoms with Gasteiger partial charge >= 0.3 is 0 Å². The molecule has 31 heavy (non-hydrogen) atoms. The summed E-state index contributed by atoms with van der Waals surface area (Å²) in [4.78, 5) is 26.9. The fourth-order valence-electron chi connectivity index (χ4n) is 4.32. The Balaban J connectivity index is 1.44. The van der Waals surface area contributed by atoms with Crippen LogP contribution in [0.3, 0.4) is 0 Å². The maximum atomic E-state index is 13.0. The number of carbonyl (C=O) groups is 2. The molecule has 2 aromatic rings. The van der Waals surface area contributed by atoms with Crippen LogP contribution in [0.1, 0.15) is 57.6 Å². The number of anilines is 1. The molecule has 4 rings (SSSR count). The third-order valence-corrected chi connectivity index (χ3v) is 6.94. The average Bonchev–Trinajstić information content (AvgIpc) is 3.37. The van der Waals surface area contributed by atoms with E-state index in [0.717, 1.165) is 61.8 Å². The molecule has 0 bridgehead atoms. The van der Waals surface area contributed by atoms with Crippen molar-refractivity contribution in [2.24, 2.45) is 0 Å². The number of carbonyl (C=O) groups excluding carboxylic acids is 2. The standard InChI is InChI=1S/C24H30N2O4S/c1-15-10-16(2)12-18(11-15)30-14-21(27)26-24-22(19-7-3-4-8-20(19)31-24)23(28)25-13-17-6-5-9-29-17/h10-12,17H,3-9,13-14H2,1-2H3,(H,25,28)(H,26,27). The number of hydrogen-bond acceptors (Lipinski definition) is 5. The fourth-order valence-corrected chi connectivity index (χ4v) is 5.63. The lowest BCUT2D eigenvalue weighted by Crippen LogP contribution is -2.33. The van der Waals surface area contributed by atoms with Crippen LogP contribution in [0.4, 0.5) is 5.00 Å². The summed E-state index contributed by atoms with van der Waals surface area (Å²) in [6, 6.07) is 5.88. The average molecular weight is 443 g/mol. The van der Waals surface area contributed by atoms with Crippen molar-refractivity contribution in [3.63, 3.8) is 0 Å². The summed E-state index contributed by atoms with van der Waals surface area (Å²) < 4.78 is 11.3. The second-order valence-electron chi connectivity index (χ2n) is 8.42. The summed E-state index contributed by atoms with van der Waals surface area (Å²) in [5.74, 6) is 0.291. The second-order valence-corrected chi connectivity index (χ2v) is 9.53. The number of nitrogens with one attached hydrogen (secondary N) is 2. The zero-order chi connectivity index (χ0) is 21.8. The van der Waals surface area contributed by atoms with Crippen LogP contribution >= 0.6 is 11.3 Å². The van der Waals surface area contributed by atoms with Crippen molar-refractivity contribution in [1.82, 2.24) is 5.32 Å². The molecule has 166 valence electrons. The van der Waals surface area contributed by atoms with Crippen LogP contribution in [0.15, 0.2) is 18.2 Å². The maximum absolute atomic E-state index is 13.0. The Labute approximate surface area is 187 Å². The summed E-state index contributed by atoms with van der Waals surface area (Å²) >= 11 is 1.52. The molecule has 0 saturated carbocycles. The first-order valence-electron chi connectivity index (χ1n) is 11.0. The topological polar surface area (TPSA) is 76.7 Å². The van der Waals surface area contributed by atoms with Gasteiger partial charge in [-0.05, 0) is 81.2 Å². The Hall–Kier alpha value is -2.38. The van der Waals surface area contributed by atoms with E-state index in [1.807, 2.05) is 26.0 Å². The van der Waals surface area contributed by atoms with Crippen LogP contribution in [0.25, 0.3) is 0 Å². The van der Waals surface area contributed by atoms with Crippen LogP contribution in [0, 0.1) is 13.8 Å². The molecule has 0 spiro atoms. The van der Waals surface area contributed by atoms with E-state index in [9.17, 15) is 9.59 Å². The summed E-state index contributed by atoms with van der Waals surface area (Å²) in [5, 5.41) is 6.59. The predicted molar refractivity (Wildman–Crippen MR) is 122 cm³/mol. The first-order chi connectivity index (χ1) is 15.0. The predicted octanol–water partition coefficient (Wildman–Crippen LogP) is 4.17. The smallest absolute Gasteiger partial charge is 0.262 e. The van der Waals surface area contributed by atoms with E-state index in [2.05, 4.69) is 16.7 Å². The Morgan fingerprint density at radius 2 is 1.90 bits per heavy atom. The Kier molecular flexibility index (Phi) is 6.92. The zero-order valence-corrected chi connectivity index (χ0v) is 19.0. The number of rotatable bonds is 7. The number of amides is 2. The van der Waals surface area contributed by atoms with Crippen molar-refractivity contribution in [3.8, 4) is 5.75 Å². The molecule has 2 amide bonds. The monoisotopic (exact) mass is 442 g/mol. The highest BCUT2D eigenvalue weighted by Crippen LogP contribution is 2.38. The third kappa shape index (κ3) is 5.46. The van der Waals surface area contributed by atoms with Gasteiger partial charge in [-0.15, -0.1) is 11.3 Å². The van der Waals surface area contributed by atoms with Gasteiger partial charge in [-0.3, -0.25) is 9.59 Å². The Morgan fingerprint density at radius 1 is 1.13 bits per heavy atom. The molecule has 2 heterocycles. The molecule has 1 aliphatic heterocycles. The minimum atomic E-state index is -0.258. The van der Waals surface area contributed by atoms with Gasteiger partial charge < -0.3 is 20.1 Å². The number of aryl methyl sites for hydroxylation is 3. The number of thiophene rings is 1. The van der Waals surface area contributed by atoms with Crippen molar-refractivity contribution < 1.29 is 19.1 Å². The lowest BCUT2D eigenvalue weighted by atomic mass is 9.95. The van der Waals surface area contributed by atoms with Crippen LogP contribution in [0.2, 0.25) is 0 Å². The van der Waals surface area contributed by atoms with Crippen molar-refractivity contribution in [2.75, 3.05) is 25.1 Å². The fraction of sp³-hybridized carbons (Fsp3) is 0.500. The van der Waals surface area contributed by atoms with Gasteiger partial charge in [0.15, 0.2) is 6.61 Å². The van der Waals surface area contributed by atoms with Gasteiger partial charge in [0, 0.05) is 18.0 Å². The lowest BCUT2D eigenvalue weighted by Gasteiger charge is -2.15. The molecule has 2 aliphatic rings. The molecule has 1 saturated heterocycles. The molecule has 1 fully saturated rings. The quantitative estimate of drug-likeness (QED) is 0.675. The van der Waals surface area contributed by atoms with Gasteiger partial charge in [-0.25, -0.2) is 0 Å². The van der Waals surface area contributed by atoms with E-state index in [-0.39, 0.29) is 24.5 Å². The number of ether oxygens (including phenoxy) is 2. The summed E-state index contributed by atoms with van der Waals surface area (Å²) in [6.45, 7) is 5.17. The molecule has 1 aromatic heterocycles. The Morgan fingerprint density at radius 3 is 2.65 bits per heavy atom. The van der Waals surface area contributed by atoms with Crippen molar-refractivity contribution in [3.05, 3.63) is 45.3 Å². The van der Waals surface area contributed by atoms with Crippen LogP contribution in [0.5, 0.6) is 5.75 Å². The minimum absolute atomic E-state index is 0.0858. The Bertz CT molecular complexity index is 942. The molecular weight excluding hydrogens is 412 g/mol. The molecule has 1 aliphatic carbocycles. The summed E-state index contributed by atoms with van der Waals surface area (Å²) in [6.07, 6.45) is 6.12. The van der Waals surface area contributed by atoms with E-state index in [1.54, 1.807) is 0 Å². The third-order valence-electron chi connectivity index (χ3n) is 5.73. The highest BCUT2D eigenvalue weighted by molar-refractivity contribution is 7.17. The lowest BCUT2D eigenvalue weighted by molar-refractivity contribution is -0.118. The highest BCUT2D eigenvalue weighted by atomic mass is 32.1. The van der Waals surface area contributed by atoms with E-state index >= 15 is 0 Å². The second kappa shape index (κ2) is 9.83. The molecule has 1 atom stereocenters. The van der Waals surface area contributed by atoms with Gasteiger partial charge in [0.05, 0.1) is 11.7 Å². The van der Waals surface area contributed by atoms with Crippen molar-refractivity contribution >= 4 is 28.2 Å². The van der Waals surface area contributed by atoms with Crippen LogP contribution in [-0.2, 0) is 22.4 Å². The molecular formula is C24H30N2O4S. The molecule has 2 N–H and O–H groups in total. The maximum Gasteiger partial charge on any atom is 0.262 e. The van der Waals surface area contributed by atoms with Gasteiger partial charge in [-0.2, -0.15) is 0 Å². The van der Waals surface area contributed by atoms with Crippen LogP contribution < -0.4 is 15.4 Å². The largest absolute Gasteiger partial charge is 0.484 e. The SMILES string of the molecule is Cc1cc(C)cc(OCC(=O)Nc2sc3c(c2C(=O)NCC2CCCO2)CCCC3)c1. The number of fused-ring (bicyclic) bond motifs is 1. The van der Waals surface area contributed by atoms with Gasteiger partial charge in [0.1, 0.15) is 10.8 Å². The molecule has 0 radical (unpaired) electrons. The highest BCUT2D eigenvalue weighted by Gasteiger charge is 2.27. The number of hydrogen-bond donors (Lipinski definition) is 2. The van der Waals surface area contributed by atoms with Gasteiger partial charge in [-0.1, -0.05) is 6.07 Å². The molecule has 1 aromatic carbocycles. The zero-order valence-electron chi connectivity index (χ0n) is 18.2. The van der Waals surface area contributed by atoms with Gasteiger partial charge in [0.2, 0.25) is 0 Å². The normalized spacial score (nSPS) is 17.8. The minimum Gasteiger partial charge on any atom is -0.484 e. The summed E-state index contributed by atoms with van der Waals surface area (Å²) in [5.41, 5.74) is 3.89. The van der Waals surface area contributed by atoms with Crippen molar-refractivity contribution in [1.29, 1.82) is 0 Å². The molecule has 6 nitrogen and oxygen atoms in total. The summed E-state index contributed by atoms with van der Waals surface area (Å²) in [7, 11) is 0. The molecule has 1 unspecified atom stereocenters. The van der Waals surface area contributed by atoms with E-state index in [0.29, 0.717) is 22.9 Å². The first-order valence-corrected chi connectivity index (χ1v) is 11.9. The van der Waals surface area contributed by atoms with Crippen molar-refractivity contribution in [2.45, 2.75) is 58.5 Å².